The van der Waals surface area contributed by atoms with Gasteiger partial charge in [-0.1, -0.05) is 5.16 Å². The summed E-state index contributed by atoms with van der Waals surface area (Å²) in [6.45, 7) is 0. The Morgan fingerprint density at radius 3 is 2.94 bits per heavy atom. The summed E-state index contributed by atoms with van der Waals surface area (Å²) >= 11 is 0.554. The van der Waals surface area contributed by atoms with Crippen molar-refractivity contribution in [3.63, 3.8) is 0 Å². The molecule has 0 amide bonds. The average Bonchev–Trinajstić information content (AvgIpc) is 2.90. The number of nitrogens with one attached hydrogen (secondary N) is 1. The Morgan fingerprint density at radius 1 is 1.35 bits per heavy atom. The van der Waals surface area contributed by atoms with Gasteiger partial charge in [-0.05, 0) is 0 Å². The highest BCUT2D eigenvalue weighted by atomic mass is 32.1. The van der Waals surface area contributed by atoms with Gasteiger partial charge < -0.3 is 9.51 Å². The van der Waals surface area contributed by atoms with Crippen LogP contribution in [0.1, 0.15) is 4.88 Å². The second-order valence-corrected chi connectivity index (χ2v) is 4.15. The highest BCUT2D eigenvalue weighted by Crippen LogP contribution is 2.41. The predicted octanol–water partition coefficient (Wildman–Crippen LogP) is 3.30. The number of hydrogen-bond donors (Lipinski definition) is 1. The van der Waals surface area contributed by atoms with Crippen LogP contribution in [-0.4, -0.2) is 15.1 Å². The Bertz CT molecular complexity index is 666. The average molecular weight is 259 g/mol. The SMILES string of the molecule is FC(F)(F)c1scnc1-c1c[nH]c2cnoc12. The molecule has 0 aliphatic rings. The van der Waals surface area contributed by atoms with Gasteiger partial charge >= 0.3 is 6.18 Å². The molecule has 0 bridgehead atoms. The molecule has 0 radical (unpaired) electrons. The number of aromatic nitrogens is 3. The molecule has 0 atom stereocenters. The third-order valence-electron chi connectivity index (χ3n) is 2.27. The summed E-state index contributed by atoms with van der Waals surface area (Å²) in [4.78, 5) is 5.78. The van der Waals surface area contributed by atoms with E-state index in [0.29, 0.717) is 16.9 Å². The third-order valence-corrected chi connectivity index (χ3v) is 3.14. The predicted molar refractivity (Wildman–Crippen MR) is 54.5 cm³/mol. The fourth-order valence-electron chi connectivity index (χ4n) is 1.57. The molecule has 0 saturated heterocycles. The van der Waals surface area contributed by atoms with Crippen LogP contribution in [-0.2, 0) is 6.18 Å². The summed E-state index contributed by atoms with van der Waals surface area (Å²) in [6.07, 6.45) is -1.58. The summed E-state index contributed by atoms with van der Waals surface area (Å²) < 4.78 is 43.0. The first-order valence-corrected chi connectivity index (χ1v) is 5.38. The van der Waals surface area contributed by atoms with Crippen LogP contribution in [0.4, 0.5) is 13.2 Å². The molecule has 1 N–H and O–H groups in total. The minimum Gasteiger partial charge on any atom is -0.356 e. The van der Waals surface area contributed by atoms with Crippen LogP contribution in [0.2, 0.25) is 0 Å². The molecule has 3 aromatic heterocycles. The molecular formula is C9H4F3N3OS. The number of H-pyrrole nitrogens is 1. The summed E-state index contributed by atoms with van der Waals surface area (Å²) in [7, 11) is 0. The maximum Gasteiger partial charge on any atom is 0.427 e. The van der Waals surface area contributed by atoms with E-state index in [0.717, 1.165) is 5.51 Å². The first-order chi connectivity index (χ1) is 8.07. The fourth-order valence-corrected chi connectivity index (χ4v) is 2.24. The molecule has 0 unspecified atom stereocenters. The van der Waals surface area contributed by atoms with Crippen LogP contribution < -0.4 is 0 Å². The molecule has 88 valence electrons. The Balaban J connectivity index is 2.24. The quantitative estimate of drug-likeness (QED) is 0.729. The second-order valence-electron chi connectivity index (χ2n) is 3.30. The van der Waals surface area contributed by atoms with Gasteiger partial charge in [0.2, 0.25) is 0 Å². The van der Waals surface area contributed by atoms with E-state index in [1.807, 2.05) is 0 Å². The fraction of sp³-hybridized carbons (Fsp3) is 0.111. The molecule has 3 aromatic rings. The molecule has 0 aliphatic heterocycles. The van der Waals surface area contributed by atoms with E-state index in [1.165, 1.54) is 12.4 Å². The molecule has 0 fully saturated rings. The van der Waals surface area contributed by atoms with Crippen molar-refractivity contribution >= 4 is 22.4 Å². The highest BCUT2D eigenvalue weighted by Gasteiger charge is 2.37. The molecule has 0 aliphatic carbocycles. The van der Waals surface area contributed by atoms with Gasteiger partial charge in [-0.15, -0.1) is 11.3 Å². The van der Waals surface area contributed by atoms with E-state index in [4.69, 9.17) is 4.52 Å². The van der Waals surface area contributed by atoms with Gasteiger partial charge in [-0.25, -0.2) is 4.98 Å². The summed E-state index contributed by atoms with van der Waals surface area (Å²) in [5.41, 5.74) is 2.12. The third kappa shape index (κ3) is 1.52. The zero-order valence-corrected chi connectivity index (χ0v) is 8.89. The van der Waals surface area contributed by atoms with Gasteiger partial charge in [0.05, 0.1) is 23.0 Å². The lowest BCUT2D eigenvalue weighted by Gasteiger charge is -2.04. The van der Waals surface area contributed by atoms with E-state index >= 15 is 0 Å². The molecule has 0 spiro atoms. The van der Waals surface area contributed by atoms with Crippen molar-refractivity contribution in [2.45, 2.75) is 6.18 Å². The first kappa shape index (κ1) is 10.3. The van der Waals surface area contributed by atoms with Crippen molar-refractivity contribution in [1.82, 2.24) is 15.1 Å². The molecule has 3 heterocycles. The van der Waals surface area contributed by atoms with Crippen molar-refractivity contribution in [2.75, 3.05) is 0 Å². The summed E-state index contributed by atoms with van der Waals surface area (Å²) in [6, 6.07) is 0. The van der Waals surface area contributed by atoms with Gasteiger partial charge in [-0.2, -0.15) is 13.2 Å². The lowest BCUT2D eigenvalue weighted by Crippen LogP contribution is -2.03. The van der Waals surface area contributed by atoms with E-state index in [9.17, 15) is 13.2 Å². The van der Waals surface area contributed by atoms with Crippen LogP contribution in [0.25, 0.3) is 22.4 Å². The van der Waals surface area contributed by atoms with Crippen molar-refractivity contribution in [1.29, 1.82) is 0 Å². The number of thiazole rings is 1. The number of nitrogens with zero attached hydrogens (tertiary/aromatic N) is 2. The minimum absolute atomic E-state index is 0.134. The number of alkyl halides is 3. The second kappa shape index (κ2) is 3.33. The van der Waals surface area contributed by atoms with Gasteiger partial charge in [0.25, 0.3) is 0 Å². The monoisotopic (exact) mass is 259 g/mol. The number of fused-ring (bicyclic) bond motifs is 1. The minimum atomic E-state index is -4.42. The molecule has 3 rings (SSSR count). The summed E-state index contributed by atoms with van der Waals surface area (Å²) in [5, 5.41) is 3.51. The van der Waals surface area contributed by atoms with Crippen molar-refractivity contribution in [3.05, 3.63) is 22.8 Å². The standard InChI is InChI=1S/C9H4F3N3OS/c10-9(11,12)8-6(14-3-17-8)4-1-13-5-2-15-16-7(4)5/h1-3,13H. The van der Waals surface area contributed by atoms with Crippen LogP contribution in [0.3, 0.4) is 0 Å². The molecule has 8 heteroatoms. The maximum absolute atomic E-state index is 12.7. The largest absolute Gasteiger partial charge is 0.427 e. The molecule has 0 saturated carbocycles. The molecule has 4 nitrogen and oxygen atoms in total. The van der Waals surface area contributed by atoms with E-state index < -0.39 is 11.1 Å². The van der Waals surface area contributed by atoms with Crippen LogP contribution in [0, 0.1) is 0 Å². The molecule has 0 aromatic carbocycles. The zero-order valence-electron chi connectivity index (χ0n) is 8.08. The molecular weight excluding hydrogens is 255 g/mol. The zero-order chi connectivity index (χ0) is 12.0. The van der Waals surface area contributed by atoms with Crippen molar-refractivity contribution in [3.8, 4) is 11.3 Å². The van der Waals surface area contributed by atoms with Crippen molar-refractivity contribution in [2.24, 2.45) is 0 Å². The van der Waals surface area contributed by atoms with E-state index in [2.05, 4.69) is 15.1 Å². The van der Waals surface area contributed by atoms with E-state index in [-0.39, 0.29) is 16.8 Å². The van der Waals surface area contributed by atoms with Crippen LogP contribution in [0.5, 0.6) is 0 Å². The normalized spacial score (nSPS) is 12.4. The van der Waals surface area contributed by atoms with Crippen molar-refractivity contribution < 1.29 is 17.7 Å². The molecule has 17 heavy (non-hydrogen) atoms. The van der Waals surface area contributed by atoms with E-state index in [1.54, 1.807) is 0 Å². The topological polar surface area (TPSA) is 54.7 Å². The van der Waals surface area contributed by atoms with Crippen LogP contribution in [0.15, 0.2) is 22.4 Å². The Morgan fingerprint density at radius 2 is 2.18 bits per heavy atom. The number of halogens is 3. The summed E-state index contributed by atoms with van der Waals surface area (Å²) in [5.74, 6) is 0. The first-order valence-electron chi connectivity index (χ1n) is 4.50. The maximum atomic E-state index is 12.7. The smallest absolute Gasteiger partial charge is 0.356 e. The lowest BCUT2D eigenvalue weighted by molar-refractivity contribution is -0.134. The number of rotatable bonds is 1. The van der Waals surface area contributed by atoms with Crippen LogP contribution >= 0.6 is 11.3 Å². The van der Waals surface area contributed by atoms with Gasteiger partial charge in [-0.3, -0.25) is 0 Å². The number of aromatic amines is 1. The Hall–Kier alpha value is -1.83. The van der Waals surface area contributed by atoms with Gasteiger partial charge in [0, 0.05) is 6.20 Å². The van der Waals surface area contributed by atoms with Gasteiger partial charge in [0.15, 0.2) is 5.58 Å². The number of hydrogen-bond acceptors (Lipinski definition) is 4. The lowest BCUT2D eigenvalue weighted by atomic mass is 10.2. The highest BCUT2D eigenvalue weighted by molar-refractivity contribution is 7.10. The van der Waals surface area contributed by atoms with Gasteiger partial charge in [0.1, 0.15) is 10.4 Å². The Labute approximate surface area is 96.1 Å². The Kier molecular flexibility index (Phi) is 2.02.